The van der Waals surface area contributed by atoms with Gasteiger partial charge in [-0.1, -0.05) is 6.92 Å². The molecule has 0 aromatic rings. The number of aliphatic hydroxyl groups excluding tert-OH is 1. The van der Waals surface area contributed by atoms with Gasteiger partial charge < -0.3 is 56.9 Å². The van der Waals surface area contributed by atoms with E-state index < -0.39 is 42.8 Å². The molecule has 1 aliphatic heterocycles. The molecule has 188 valence electrons. The number of carbonyl (C=O) groups excluding carboxylic acids is 1. The summed E-state index contributed by atoms with van der Waals surface area (Å²) in [6, 6.07) is -1.41. The third-order valence-corrected chi connectivity index (χ3v) is 5.72. The van der Waals surface area contributed by atoms with Crippen LogP contribution in [0, 0.1) is 0 Å². The third kappa shape index (κ3) is 8.08. The average molecular weight is 466 g/mol. The van der Waals surface area contributed by atoms with Crippen LogP contribution in [-0.2, 0) is 19.0 Å². The van der Waals surface area contributed by atoms with E-state index in [9.17, 15) is 9.90 Å². The highest BCUT2D eigenvalue weighted by molar-refractivity contribution is 5.78. The predicted molar refractivity (Wildman–Crippen MR) is 115 cm³/mol. The molecule has 1 aliphatic carbocycles. The molecule has 13 heteroatoms. The van der Waals surface area contributed by atoms with Crippen molar-refractivity contribution in [3.8, 4) is 0 Å². The van der Waals surface area contributed by atoms with Crippen LogP contribution in [-0.4, -0.2) is 115 Å². The fourth-order valence-corrected chi connectivity index (χ4v) is 4.03. The number of nitrogens with two attached hydrogens (primary N) is 3. The molecule has 2 rings (SSSR count). The van der Waals surface area contributed by atoms with Crippen LogP contribution in [0.25, 0.3) is 0 Å². The molecule has 0 spiro atoms. The minimum absolute atomic E-state index is 0.00859. The maximum atomic E-state index is 12.1. The fraction of sp³-hybridized carbons (Fsp3) is 0.895. The molecule has 0 bridgehead atoms. The average Bonchev–Trinajstić information content (AvgIpc) is 2.74. The Labute approximate surface area is 188 Å². The van der Waals surface area contributed by atoms with Gasteiger partial charge in [0.1, 0.15) is 12.2 Å². The number of amides is 1. The first-order valence-corrected chi connectivity index (χ1v) is 10.7. The van der Waals surface area contributed by atoms with Crippen molar-refractivity contribution in [2.75, 3.05) is 33.8 Å². The lowest BCUT2D eigenvalue weighted by Gasteiger charge is -2.48. The number of aliphatic hydroxyl groups is 1. The van der Waals surface area contributed by atoms with Gasteiger partial charge in [-0.25, -0.2) is 4.79 Å². The van der Waals surface area contributed by atoms with Crippen LogP contribution in [0.15, 0.2) is 0 Å². The summed E-state index contributed by atoms with van der Waals surface area (Å²) in [5.74, 6) is -0.295. The van der Waals surface area contributed by atoms with E-state index >= 15 is 0 Å². The number of nitrogens with one attached hydrogen (secondary N) is 1. The van der Waals surface area contributed by atoms with Crippen LogP contribution < -0.4 is 22.5 Å². The molecule has 0 aromatic carbocycles. The van der Waals surface area contributed by atoms with Gasteiger partial charge in [0.05, 0.1) is 30.8 Å². The van der Waals surface area contributed by atoms with Crippen molar-refractivity contribution in [3.63, 3.8) is 0 Å². The van der Waals surface area contributed by atoms with Crippen molar-refractivity contribution in [2.24, 2.45) is 17.2 Å². The lowest BCUT2D eigenvalue weighted by molar-refractivity contribution is -0.254. The van der Waals surface area contributed by atoms with Gasteiger partial charge in [-0.05, 0) is 25.8 Å². The second-order valence-electron chi connectivity index (χ2n) is 7.92. The van der Waals surface area contributed by atoms with Gasteiger partial charge in [0.15, 0.2) is 6.29 Å². The summed E-state index contributed by atoms with van der Waals surface area (Å²) in [5.41, 5.74) is 18.0. The lowest BCUT2D eigenvalue weighted by Crippen LogP contribution is -2.67. The van der Waals surface area contributed by atoms with E-state index in [1.54, 1.807) is 7.05 Å². The normalized spacial score (nSPS) is 34.8. The highest BCUT2D eigenvalue weighted by Gasteiger charge is 2.48. The van der Waals surface area contributed by atoms with Crippen LogP contribution in [0.4, 0.5) is 4.79 Å². The molecule has 0 aromatic heterocycles. The molecule has 2 aliphatic rings. The zero-order valence-electron chi connectivity index (χ0n) is 18.9. The summed E-state index contributed by atoms with van der Waals surface area (Å²) in [4.78, 5) is 22.1. The van der Waals surface area contributed by atoms with E-state index in [1.165, 1.54) is 12.0 Å². The quantitative estimate of drug-likeness (QED) is 0.206. The summed E-state index contributed by atoms with van der Waals surface area (Å²) in [6.07, 6.45) is -2.70. The summed E-state index contributed by atoms with van der Waals surface area (Å²) in [6.45, 7) is 3.44. The third-order valence-electron chi connectivity index (χ3n) is 5.72. The van der Waals surface area contributed by atoms with E-state index in [4.69, 9.17) is 46.4 Å². The Kier molecular flexibility index (Phi) is 12.3. The van der Waals surface area contributed by atoms with Crippen LogP contribution in [0.3, 0.4) is 0 Å². The summed E-state index contributed by atoms with van der Waals surface area (Å²) in [7, 11) is 3.13. The van der Waals surface area contributed by atoms with Gasteiger partial charge in [0.25, 0.3) is 0 Å². The summed E-state index contributed by atoms with van der Waals surface area (Å²) < 4.78 is 17.6. The number of ether oxygens (including phenoxy) is 3. The topological polar surface area (TPSA) is 216 Å². The molecule has 1 amide bonds. The zero-order chi connectivity index (χ0) is 24.4. The summed E-state index contributed by atoms with van der Waals surface area (Å²) >= 11 is 0. The van der Waals surface area contributed by atoms with Gasteiger partial charge >= 0.3 is 6.16 Å². The smallest absolute Gasteiger partial charge is 0.450 e. The number of rotatable bonds is 8. The Morgan fingerprint density at radius 2 is 1.84 bits per heavy atom. The first-order valence-electron chi connectivity index (χ1n) is 10.7. The Hall–Kier alpha value is -1.58. The minimum atomic E-state index is -1.83. The van der Waals surface area contributed by atoms with E-state index in [2.05, 4.69) is 5.32 Å². The number of hydrogen-bond donors (Lipinski definition) is 7. The Morgan fingerprint density at radius 1 is 1.22 bits per heavy atom. The largest absolute Gasteiger partial charge is 0.503 e. The van der Waals surface area contributed by atoms with E-state index in [1.807, 2.05) is 6.92 Å². The second kappa shape index (κ2) is 13.9. The predicted octanol–water partition coefficient (Wildman–Crippen LogP) is -2.07. The van der Waals surface area contributed by atoms with Gasteiger partial charge in [0.2, 0.25) is 5.91 Å². The van der Waals surface area contributed by atoms with Crippen molar-refractivity contribution in [1.29, 1.82) is 0 Å². The molecular formula is C19H39N5O8. The number of methoxy groups -OCH3 is 1. The Morgan fingerprint density at radius 3 is 2.38 bits per heavy atom. The van der Waals surface area contributed by atoms with E-state index in [0.717, 1.165) is 19.4 Å². The van der Waals surface area contributed by atoms with E-state index in [-0.39, 0.29) is 24.6 Å². The van der Waals surface area contributed by atoms with Crippen molar-refractivity contribution in [3.05, 3.63) is 0 Å². The maximum Gasteiger partial charge on any atom is 0.503 e. The van der Waals surface area contributed by atoms with Crippen molar-refractivity contribution >= 4 is 12.1 Å². The molecule has 13 nitrogen and oxygen atoms in total. The molecule has 1 saturated heterocycles. The number of carboxylic acid groups (broad SMARTS) is 2. The highest BCUT2D eigenvalue weighted by Crippen LogP contribution is 2.30. The second-order valence-corrected chi connectivity index (χ2v) is 7.92. The fourth-order valence-electron chi connectivity index (χ4n) is 4.03. The van der Waals surface area contributed by atoms with E-state index in [0.29, 0.717) is 13.0 Å². The van der Waals surface area contributed by atoms with Gasteiger partial charge in [0, 0.05) is 26.7 Å². The van der Waals surface area contributed by atoms with Crippen molar-refractivity contribution in [1.82, 2.24) is 10.2 Å². The van der Waals surface area contributed by atoms with Crippen LogP contribution in [0.5, 0.6) is 0 Å². The van der Waals surface area contributed by atoms with Gasteiger partial charge in [-0.2, -0.15) is 0 Å². The van der Waals surface area contributed by atoms with Gasteiger partial charge in [-0.15, -0.1) is 0 Å². The van der Waals surface area contributed by atoms with Crippen LogP contribution in [0.1, 0.15) is 26.2 Å². The molecule has 1 saturated carbocycles. The van der Waals surface area contributed by atoms with Crippen LogP contribution >= 0.6 is 0 Å². The Bertz CT molecular complexity index is 580. The first kappa shape index (κ1) is 28.5. The maximum absolute atomic E-state index is 12.1. The van der Waals surface area contributed by atoms with Gasteiger partial charge in [-0.3, -0.25) is 4.79 Å². The molecule has 8 unspecified atom stereocenters. The highest BCUT2D eigenvalue weighted by atomic mass is 16.7. The number of likely N-dealkylation sites (N-methyl/N-ethyl adjacent to an activating group) is 2. The first-order chi connectivity index (χ1) is 15.1. The number of nitrogens with zero attached hydrogens (tertiary/aromatic N) is 1. The molecule has 0 radical (unpaired) electrons. The number of carbonyl (C=O) groups is 2. The minimum Gasteiger partial charge on any atom is -0.450 e. The van der Waals surface area contributed by atoms with Crippen molar-refractivity contribution < 1.29 is 39.1 Å². The monoisotopic (exact) mass is 465 g/mol. The molecule has 8 atom stereocenters. The zero-order valence-corrected chi connectivity index (χ0v) is 18.9. The Balaban J connectivity index is 0.00000118. The van der Waals surface area contributed by atoms with Crippen molar-refractivity contribution in [2.45, 2.75) is 75.0 Å². The standard InChI is InChI=1S/C18H37N5O5.CH2O3/c1-4-22-9-10-5-6-11(20)18(27-10)28-17-12(21)7-13(26-3)15(16(17)25)23(2)14(24)8-19;2-1(3)4/h10-13,15-18,22,25H,4-9,19-21H2,1-3H3;(H2,2,3,4). The summed E-state index contributed by atoms with van der Waals surface area (Å²) in [5, 5.41) is 28.2. The SMILES string of the molecule is CCNCC1CCC(N)C(OC2C(N)CC(OC)C(N(C)C(=O)CN)C2O)O1.O=C(O)O. The molecule has 10 N–H and O–H groups in total. The molecule has 1 heterocycles. The van der Waals surface area contributed by atoms with Crippen LogP contribution in [0.2, 0.25) is 0 Å². The number of hydrogen-bond acceptors (Lipinski definition) is 10. The molecule has 2 fully saturated rings. The molecular weight excluding hydrogens is 426 g/mol. The molecule has 32 heavy (non-hydrogen) atoms. The lowest BCUT2D eigenvalue weighted by atomic mass is 9.83.